The molecule has 2 atom stereocenters. The van der Waals surface area contributed by atoms with Gasteiger partial charge in [0.2, 0.25) is 0 Å². The fourth-order valence-electron chi connectivity index (χ4n) is 1.31. The van der Waals surface area contributed by atoms with Gasteiger partial charge in [0.15, 0.2) is 0 Å². The van der Waals surface area contributed by atoms with E-state index in [2.05, 4.69) is 0 Å². The maximum absolute atomic E-state index is 9.14. The van der Waals surface area contributed by atoms with Gasteiger partial charge in [-0.25, -0.2) is 0 Å². The number of rotatable bonds is 3. The summed E-state index contributed by atoms with van der Waals surface area (Å²) < 4.78 is 0. The molecule has 1 aliphatic heterocycles. The average Bonchev–Trinajstić information content (AvgIpc) is 2.28. The molecule has 1 rings (SSSR count). The van der Waals surface area contributed by atoms with Gasteiger partial charge in [0.25, 0.3) is 0 Å². The molecule has 1 aliphatic rings. The molecule has 0 radical (unpaired) electrons. The highest BCUT2D eigenvalue weighted by atomic mass is 35.5. The molecule has 0 saturated carbocycles. The topological polar surface area (TPSA) is 43.7 Å². The van der Waals surface area contributed by atoms with Gasteiger partial charge < -0.3 is 10.2 Å². The van der Waals surface area contributed by atoms with Gasteiger partial charge in [0.05, 0.1) is 12.2 Å². The van der Waals surface area contributed by atoms with E-state index in [9.17, 15) is 0 Å². The monoisotopic (exact) mass is 179 g/mol. The highest BCUT2D eigenvalue weighted by Gasteiger charge is 2.28. The van der Waals surface area contributed by atoms with E-state index >= 15 is 0 Å². The van der Waals surface area contributed by atoms with Crippen molar-refractivity contribution in [3.05, 3.63) is 0 Å². The highest BCUT2D eigenvalue weighted by molar-refractivity contribution is 6.17. The molecule has 4 heteroatoms. The number of nitrogens with zero attached hydrogens (tertiary/aromatic N) is 1. The van der Waals surface area contributed by atoms with Crippen LogP contribution in [0.25, 0.3) is 0 Å². The van der Waals surface area contributed by atoms with Crippen molar-refractivity contribution in [2.45, 2.75) is 18.6 Å². The summed E-state index contributed by atoms with van der Waals surface area (Å²) >= 11 is 5.50. The van der Waals surface area contributed by atoms with Gasteiger partial charge in [0, 0.05) is 19.0 Å². The number of hydrogen-bond donors (Lipinski definition) is 2. The van der Waals surface area contributed by atoms with Crippen molar-refractivity contribution in [1.82, 2.24) is 4.90 Å². The molecule has 0 amide bonds. The summed E-state index contributed by atoms with van der Waals surface area (Å²) in [6.45, 7) is 2.04. The quantitative estimate of drug-likeness (QED) is 0.583. The standard InChI is InChI=1S/C7H14ClNO2/c8-2-1-3-9-4-6(10)7(11)5-9/h6-7,10-11H,1-5H2. The third kappa shape index (κ3) is 2.60. The van der Waals surface area contributed by atoms with Crippen LogP contribution in [0.3, 0.4) is 0 Å². The minimum Gasteiger partial charge on any atom is -0.389 e. The van der Waals surface area contributed by atoms with E-state index in [0.717, 1.165) is 13.0 Å². The summed E-state index contributed by atoms with van der Waals surface area (Å²) in [6.07, 6.45) is -0.211. The fraction of sp³-hybridized carbons (Fsp3) is 1.00. The minimum absolute atomic E-state index is 0.565. The molecule has 0 bridgehead atoms. The minimum atomic E-state index is -0.565. The lowest BCUT2D eigenvalue weighted by molar-refractivity contribution is 0.0572. The molecule has 1 saturated heterocycles. The Balaban J connectivity index is 2.18. The van der Waals surface area contributed by atoms with E-state index < -0.39 is 12.2 Å². The van der Waals surface area contributed by atoms with Crippen molar-refractivity contribution < 1.29 is 10.2 Å². The number of aliphatic hydroxyl groups is 2. The first-order chi connectivity index (χ1) is 5.24. The zero-order chi connectivity index (χ0) is 8.27. The van der Waals surface area contributed by atoms with E-state index in [0.29, 0.717) is 19.0 Å². The van der Waals surface area contributed by atoms with E-state index in [-0.39, 0.29) is 0 Å². The van der Waals surface area contributed by atoms with E-state index in [1.165, 1.54) is 0 Å². The van der Waals surface area contributed by atoms with Crippen LogP contribution in [-0.4, -0.2) is 52.8 Å². The molecule has 0 aromatic heterocycles. The number of halogens is 1. The fourth-order valence-corrected chi connectivity index (χ4v) is 1.43. The lowest BCUT2D eigenvalue weighted by atomic mass is 10.3. The van der Waals surface area contributed by atoms with Crippen molar-refractivity contribution >= 4 is 11.6 Å². The molecule has 0 aromatic rings. The van der Waals surface area contributed by atoms with Crippen molar-refractivity contribution in [3.63, 3.8) is 0 Å². The predicted molar refractivity (Wildman–Crippen MR) is 43.8 cm³/mol. The predicted octanol–water partition coefficient (Wildman–Crippen LogP) is -0.347. The first kappa shape index (κ1) is 9.26. The molecule has 66 valence electrons. The Morgan fingerprint density at radius 3 is 2.27 bits per heavy atom. The zero-order valence-electron chi connectivity index (χ0n) is 6.41. The second kappa shape index (κ2) is 4.26. The summed E-state index contributed by atoms with van der Waals surface area (Å²) in [6, 6.07) is 0. The summed E-state index contributed by atoms with van der Waals surface area (Å²) in [5.74, 6) is 0.642. The van der Waals surface area contributed by atoms with Gasteiger partial charge in [-0.05, 0) is 13.0 Å². The molecule has 3 nitrogen and oxygen atoms in total. The average molecular weight is 180 g/mol. The lowest BCUT2D eigenvalue weighted by Gasteiger charge is -2.12. The molecule has 1 fully saturated rings. The Kier molecular flexibility index (Phi) is 3.59. The third-order valence-electron chi connectivity index (χ3n) is 1.94. The van der Waals surface area contributed by atoms with Gasteiger partial charge in [0.1, 0.15) is 0 Å². The molecule has 0 aliphatic carbocycles. The van der Waals surface area contributed by atoms with Crippen LogP contribution in [-0.2, 0) is 0 Å². The summed E-state index contributed by atoms with van der Waals surface area (Å²) in [5, 5.41) is 18.3. The Morgan fingerprint density at radius 1 is 1.27 bits per heavy atom. The summed E-state index contributed by atoms with van der Waals surface area (Å²) in [7, 11) is 0. The van der Waals surface area contributed by atoms with Gasteiger partial charge in [-0.2, -0.15) is 0 Å². The second-order valence-corrected chi connectivity index (χ2v) is 3.31. The SMILES string of the molecule is OC1CN(CCCCl)CC1O. The largest absolute Gasteiger partial charge is 0.389 e. The number of aliphatic hydroxyl groups excluding tert-OH is 2. The number of hydrogen-bond acceptors (Lipinski definition) is 3. The molecular formula is C7H14ClNO2. The van der Waals surface area contributed by atoms with Crippen LogP contribution in [0, 0.1) is 0 Å². The molecule has 0 aromatic carbocycles. The van der Waals surface area contributed by atoms with Crippen molar-refractivity contribution in [1.29, 1.82) is 0 Å². The van der Waals surface area contributed by atoms with Crippen LogP contribution < -0.4 is 0 Å². The van der Waals surface area contributed by atoms with Gasteiger partial charge in [-0.3, -0.25) is 4.90 Å². The molecule has 0 spiro atoms. The van der Waals surface area contributed by atoms with Crippen LogP contribution in [0.5, 0.6) is 0 Å². The first-order valence-electron chi connectivity index (χ1n) is 3.88. The van der Waals surface area contributed by atoms with Gasteiger partial charge >= 0.3 is 0 Å². The molecular weight excluding hydrogens is 166 g/mol. The highest BCUT2D eigenvalue weighted by Crippen LogP contribution is 2.09. The third-order valence-corrected chi connectivity index (χ3v) is 2.21. The van der Waals surface area contributed by atoms with E-state index in [1.807, 2.05) is 4.90 Å². The van der Waals surface area contributed by atoms with Crippen LogP contribution in [0.15, 0.2) is 0 Å². The maximum Gasteiger partial charge on any atom is 0.0938 e. The van der Waals surface area contributed by atoms with Crippen molar-refractivity contribution in [2.24, 2.45) is 0 Å². The molecule has 1 heterocycles. The van der Waals surface area contributed by atoms with Crippen LogP contribution >= 0.6 is 11.6 Å². The maximum atomic E-state index is 9.14. The molecule has 11 heavy (non-hydrogen) atoms. The first-order valence-corrected chi connectivity index (χ1v) is 4.42. The summed E-state index contributed by atoms with van der Waals surface area (Å²) in [4.78, 5) is 2.03. The Bertz CT molecular complexity index is 113. The lowest BCUT2D eigenvalue weighted by Crippen LogP contribution is -2.23. The van der Waals surface area contributed by atoms with Crippen LogP contribution in [0.1, 0.15) is 6.42 Å². The molecule has 2 unspecified atom stereocenters. The van der Waals surface area contributed by atoms with Crippen LogP contribution in [0.4, 0.5) is 0 Å². The van der Waals surface area contributed by atoms with Crippen molar-refractivity contribution in [2.75, 3.05) is 25.5 Å². The molecule has 2 N–H and O–H groups in total. The Hall–Kier alpha value is 0.170. The number of likely N-dealkylation sites (tertiary alicyclic amines) is 1. The zero-order valence-corrected chi connectivity index (χ0v) is 7.17. The number of alkyl halides is 1. The Labute approximate surface area is 71.6 Å². The van der Waals surface area contributed by atoms with E-state index in [1.54, 1.807) is 0 Å². The Morgan fingerprint density at radius 2 is 1.82 bits per heavy atom. The normalized spacial score (nSPS) is 33.0. The summed E-state index contributed by atoms with van der Waals surface area (Å²) in [5.41, 5.74) is 0. The van der Waals surface area contributed by atoms with Gasteiger partial charge in [-0.1, -0.05) is 0 Å². The smallest absolute Gasteiger partial charge is 0.0938 e. The van der Waals surface area contributed by atoms with E-state index in [4.69, 9.17) is 21.8 Å². The number of β-amino-alcohol motifs (C(OH)–C–C–N with tert-alkyl or cyclic N) is 2. The second-order valence-electron chi connectivity index (χ2n) is 2.94. The van der Waals surface area contributed by atoms with Crippen molar-refractivity contribution in [3.8, 4) is 0 Å². The van der Waals surface area contributed by atoms with Gasteiger partial charge in [-0.15, -0.1) is 11.6 Å². The van der Waals surface area contributed by atoms with Crippen LogP contribution in [0.2, 0.25) is 0 Å².